The average Bonchev–Trinajstić information content (AvgIpc) is 2.96. The van der Waals surface area contributed by atoms with Crippen LogP contribution in [0.25, 0.3) is 0 Å². The number of Topliss-reactive ketones (excluding diaryl/α,β-unsaturated/α-hetero) is 1. The number of carbonyl (C=O) groups excluding carboxylic acids is 1. The van der Waals surface area contributed by atoms with Gasteiger partial charge in [-0.3, -0.25) is 24.7 Å². The van der Waals surface area contributed by atoms with E-state index < -0.39 is 0 Å². The zero-order chi connectivity index (χ0) is 30.4. The van der Waals surface area contributed by atoms with Gasteiger partial charge in [0.15, 0.2) is 0 Å². The van der Waals surface area contributed by atoms with Crippen LogP contribution in [0, 0.1) is 41.5 Å². The fourth-order valence-electron chi connectivity index (χ4n) is 4.46. The van der Waals surface area contributed by atoms with E-state index in [0.29, 0.717) is 23.0 Å². The number of aryl methyl sites for hydroxylation is 6. The minimum Gasteiger partial charge on any atom is -0.497 e. The number of methoxy groups -OCH3 is 2. The molecule has 0 saturated heterocycles. The molecule has 0 bridgehead atoms. The molecule has 2 aromatic carbocycles. The van der Waals surface area contributed by atoms with Crippen molar-refractivity contribution >= 4 is 5.78 Å². The van der Waals surface area contributed by atoms with Gasteiger partial charge in [0.25, 0.3) is 0 Å². The molecule has 0 aliphatic rings. The molecule has 4 rings (SSSR count). The number of hydrogen-bond acceptors (Lipinski definition) is 9. The van der Waals surface area contributed by atoms with E-state index in [1.165, 1.54) is 0 Å². The Morgan fingerprint density at radius 2 is 0.952 bits per heavy atom. The molecule has 9 nitrogen and oxygen atoms in total. The predicted octanol–water partition coefficient (Wildman–Crippen LogP) is 5.65. The highest BCUT2D eigenvalue weighted by Gasteiger charge is 2.17. The van der Waals surface area contributed by atoms with Crippen LogP contribution in [-0.4, -0.2) is 39.9 Å². The van der Waals surface area contributed by atoms with Crippen LogP contribution in [0.3, 0.4) is 0 Å². The Balaban J connectivity index is 1.51. The summed E-state index contributed by atoms with van der Waals surface area (Å²) in [4.78, 5) is 31.8. The SMILES string of the molecule is COc1ccc(CC(=O)Cc2ccc(OC)cc2OCc2nc(C)c(C)nc2C)c(OCc2nc(C)c(C)nc2C)c1. The molecular weight excluding hydrogens is 532 g/mol. The number of aromatic nitrogens is 4. The second kappa shape index (κ2) is 13.4. The number of nitrogens with zero attached hydrogens (tertiary/aromatic N) is 4. The number of benzene rings is 2. The Hall–Kier alpha value is -4.53. The zero-order valence-corrected chi connectivity index (χ0v) is 25.6. The van der Waals surface area contributed by atoms with Gasteiger partial charge in [-0.1, -0.05) is 12.1 Å². The maximum Gasteiger partial charge on any atom is 0.141 e. The summed E-state index contributed by atoms with van der Waals surface area (Å²) in [5, 5.41) is 0. The van der Waals surface area contributed by atoms with Crippen molar-refractivity contribution in [1.29, 1.82) is 0 Å². The van der Waals surface area contributed by atoms with Crippen molar-refractivity contribution < 1.29 is 23.7 Å². The highest BCUT2D eigenvalue weighted by atomic mass is 16.5. The van der Waals surface area contributed by atoms with E-state index >= 15 is 0 Å². The standard InChI is InChI=1S/C33H38N4O5/c1-19-21(3)36-30(23(5)34-19)17-41-32-15-28(39-7)11-9-25(32)13-27(38)14-26-10-12-29(40-8)16-33(26)42-18-31-24(6)35-20(2)22(4)37-31/h9-12,15-16H,13-14,17-18H2,1-8H3. The maximum absolute atomic E-state index is 13.4. The van der Waals surface area contributed by atoms with Crippen LogP contribution in [0.4, 0.5) is 0 Å². The van der Waals surface area contributed by atoms with E-state index in [1.54, 1.807) is 26.4 Å². The van der Waals surface area contributed by atoms with Crippen LogP contribution < -0.4 is 18.9 Å². The van der Waals surface area contributed by atoms with Gasteiger partial charge in [-0.15, -0.1) is 0 Å². The third-order valence-corrected chi connectivity index (χ3v) is 7.21. The van der Waals surface area contributed by atoms with Gasteiger partial charge in [0.05, 0.1) is 59.8 Å². The van der Waals surface area contributed by atoms with Crippen molar-refractivity contribution in [2.45, 2.75) is 67.6 Å². The highest BCUT2D eigenvalue weighted by Crippen LogP contribution is 2.29. The molecule has 0 atom stereocenters. The minimum absolute atomic E-state index is 0.00402. The van der Waals surface area contributed by atoms with E-state index in [4.69, 9.17) is 18.9 Å². The Bertz CT molecular complexity index is 1490. The fourth-order valence-corrected chi connectivity index (χ4v) is 4.46. The van der Waals surface area contributed by atoms with Gasteiger partial charge >= 0.3 is 0 Å². The van der Waals surface area contributed by atoms with Gasteiger partial charge in [-0.2, -0.15) is 0 Å². The number of rotatable bonds is 12. The van der Waals surface area contributed by atoms with Crippen molar-refractivity contribution in [1.82, 2.24) is 19.9 Å². The molecule has 0 amide bonds. The number of ketones is 1. The molecule has 42 heavy (non-hydrogen) atoms. The molecule has 0 spiro atoms. The summed E-state index contributed by atoms with van der Waals surface area (Å²) in [6, 6.07) is 11.0. The first-order chi connectivity index (χ1) is 20.1. The maximum atomic E-state index is 13.4. The monoisotopic (exact) mass is 570 g/mol. The van der Waals surface area contributed by atoms with Crippen molar-refractivity contribution in [2.24, 2.45) is 0 Å². The second-order valence-electron chi connectivity index (χ2n) is 10.3. The summed E-state index contributed by atoms with van der Waals surface area (Å²) in [6.07, 6.45) is 0.342. The molecule has 2 heterocycles. The predicted molar refractivity (Wildman–Crippen MR) is 160 cm³/mol. The largest absolute Gasteiger partial charge is 0.497 e. The Morgan fingerprint density at radius 3 is 1.33 bits per heavy atom. The molecule has 0 fully saturated rings. The Kier molecular flexibility index (Phi) is 9.72. The van der Waals surface area contributed by atoms with Crippen molar-refractivity contribution in [2.75, 3.05) is 14.2 Å². The van der Waals surface area contributed by atoms with Gasteiger partial charge in [-0.05, 0) is 53.7 Å². The summed E-state index contributed by atoms with van der Waals surface area (Å²) < 4.78 is 23.2. The minimum atomic E-state index is 0.00402. The highest BCUT2D eigenvalue weighted by molar-refractivity contribution is 5.84. The molecule has 2 aromatic heterocycles. The second-order valence-corrected chi connectivity index (χ2v) is 10.3. The normalized spacial score (nSPS) is 10.9. The van der Waals surface area contributed by atoms with Gasteiger partial charge in [0.1, 0.15) is 42.0 Å². The first-order valence-electron chi connectivity index (χ1n) is 13.8. The molecule has 0 aliphatic carbocycles. The zero-order valence-electron chi connectivity index (χ0n) is 25.6. The lowest BCUT2D eigenvalue weighted by molar-refractivity contribution is -0.117. The van der Waals surface area contributed by atoms with Crippen LogP contribution >= 0.6 is 0 Å². The van der Waals surface area contributed by atoms with E-state index in [1.807, 2.05) is 65.8 Å². The number of hydrogen-bond donors (Lipinski definition) is 0. The quantitative estimate of drug-likeness (QED) is 0.214. The lowest BCUT2D eigenvalue weighted by atomic mass is 10.0. The van der Waals surface area contributed by atoms with Crippen LogP contribution in [0.2, 0.25) is 0 Å². The molecule has 220 valence electrons. The molecular formula is C33H38N4O5. The molecule has 4 aromatic rings. The van der Waals surface area contributed by atoms with E-state index in [9.17, 15) is 4.79 Å². The van der Waals surface area contributed by atoms with Crippen LogP contribution in [0.5, 0.6) is 23.0 Å². The molecule has 0 unspecified atom stereocenters. The topological polar surface area (TPSA) is 106 Å². The third kappa shape index (κ3) is 7.40. The molecule has 9 heteroatoms. The smallest absolute Gasteiger partial charge is 0.141 e. The van der Waals surface area contributed by atoms with E-state index in [0.717, 1.165) is 56.7 Å². The third-order valence-electron chi connectivity index (χ3n) is 7.21. The van der Waals surface area contributed by atoms with Gasteiger partial charge in [-0.25, -0.2) is 0 Å². The lowest BCUT2D eigenvalue weighted by Crippen LogP contribution is -2.11. The average molecular weight is 571 g/mol. The van der Waals surface area contributed by atoms with Crippen LogP contribution in [-0.2, 0) is 30.8 Å². The summed E-state index contributed by atoms with van der Waals surface area (Å²) in [7, 11) is 3.19. The first-order valence-corrected chi connectivity index (χ1v) is 13.8. The summed E-state index contributed by atoms with van der Waals surface area (Å²) in [5.74, 6) is 2.41. The van der Waals surface area contributed by atoms with E-state index in [2.05, 4.69) is 19.9 Å². The van der Waals surface area contributed by atoms with Gasteiger partial charge < -0.3 is 18.9 Å². The Morgan fingerprint density at radius 1 is 0.571 bits per heavy atom. The van der Waals surface area contributed by atoms with Gasteiger partial charge in [0.2, 0.25) is 0 Å². The van der Waals surface area contributed by atoms with E-state index in [-0.39, 0.29) is 31.8 Å². The summed E-state index contributed by atoms with van der Waals surface area (Å²) >= 11 is 0. The van der Waals surface area contributed by atoms with Crippen molar-refractivity contribution in [3.8, 4) is 23.0 Å². The molecule has 0 saturated carbocycles. The Labute approximate surface area is 247 Å². The molecule has 0 aliphatic heterocycles. The first kappa shape index (κ1) is 30.4. The van der Waals surface area contributed by atoms with Crippen molar-refractivity contribution in [3.05, 3.63) is 93.1 Å². The summed E-state index contributed by atoms with van der Waals surface area (Å²) in [6.45, 7) is 12.0. The lowest BCUT2D eigenvalue weighted by Gasteiger charge is -2.15. The number of ether oxygens (including phenoxy) is 4. The van der Waals surface area contributed by atoms with Crippen LogP contribution in [0.1, 0.15) is 56.7 Å². The summed E-state index contributed by atoms with van der Waals surface area (Å²) in [5.41, 5.74) is 8.14. The fraction of sp³-hybridized carbons (Fsp3) is 0.364. The van der Waals surface area contributed by atoms with Crippen LogP contribution in [0.15, 0.2) is 36.4 Å². The molecule has 0 radical (unpaired) electrons. The van der Waals surface area contributed by atoms with Crippen molar-refractivity contribution in [3.63, 3.8) is 0 Å². The number of carbonyl (C=O) groups is 1. The van der Waals surface area contributed by atoms with Gasteiger partial charge in [0, 0.05) is 36.1 Å². The molecule has 0 N–H and O–H groups in total.